The molecule has 0 amide bonds. The van der Waals surface area contributed by atoms with Crippen molar-refractivity contribution in [1.29, 1.82) is 0 Å². The van der Waals surface area contributed by atoms with Crippen molar-refractivity contribution in [2.75, 3.05) is 6.54 Å². The zero-order chi connectivity index (χ0) is 24.9. The Kier molecular flexibility index (Phi) is 7.58. The van der Waals surface area contributed by atoms with Gasteiger partial charge in [0.2, 0.25) is 5.88 Å². The van der Waals surface area contributed by atoms with Gasteiger partial charge in [-0.05, 0) is 31.5 Å². The summed E-state index contributed by atoms with van der Waals surface area (Å²) in [5.41, 5.74) is 3.17. The number of hydrogen-bond acceptors (Lipinski definition) is 4. The van der Waals surface area contributed by atoms with E-state index in [4.69, 9.17) is 4.74 Å². The van der Waals surface area contributed by atoms with E-state index < -0.39 is 17.7 Å². The number of ether oxygens (including phenoxy) is 1. The number of benzene rings is 3. The van der Waals surface area contributed by atoms with Crippen LogP contribution in [0.4, 0.5) is 8.78 Å². The molecule has 35 heavy (non-hydrogen) atoms. The zero-order valence-corrected chi connectivity index (χ0v) is 20.0. The van der Waals surface area contributed by atoms with Crippen molar-refractivity contribution < 1.29 is 18.6 Å². The maximum Gasteiger partial charge on any atom is 0.222 e. The van der Waals surface area contributed by atoms with Gasteiger partial charge in [-0.2, -0.15) is 5.10 Å². The predicted octanol–water partition coefficient (Wildman–Crippen LogP) is 6.10. The van der Waals surface area contributed by atoms with E-state index in [1.165, 1.54) is 6.07 Å². The van der Waals surface area contributed by atoms with Gasteiger partial charge in [-0.25, -0.2) is 13.5 Å². The maximum atomic E-state index is 14.4. The van der Waals surface area contributed by atoms with Crippen LogP contribution in [-0.2, 0) is 13.6 Å². The van der Waals surface area contributed by atoms with Crippen LogP contribution < -0.4 is 4.74 Å². The summed E-state index contributed by atoms with van der Waals surface area (Å²) in [5.74, 6) is -1.20. The monoisotopic (exact) mass is 477 g/mol. The van der Waals surface area contributed by atoms with E-state index in [2.05, 4.69) is 23.8 Å². The predicted molar refractivity (Wildman–Crippen MR) is 132 cm³/mol. The molecule has 0 aliphatic rings. The van der Waals surface area contributed by atoms with E-state index >= 15 is 0 Å². The third-order valence-corrected chi connectivity index (χ3v) is 5.92. The number of rotatable bonds is 9. The topological polar surface area (TPSA) is 50.5 Å². The zero-order valence-electron chi connectivity index (χ0n) is 20.0. The first kappa shape index (κ1) is 24.6. The Hall–Kier alpha value is -3.55. The molecule has 0 bridgehead atoms. The molecule has 4 rings (SSSR count). The first-order chi connectivity index (χ1) is 16.8. The Labute approximate surface area is 204 Å². The highest BCUT2D eigenvalue weighted by Gasteiger charge is 2.25. The smallest absolute Gasteiger partial charge is 0.222 e. The number of aromatic nitrogens is 2. The maximum absolute atomic E-state index is 14.4. The van der Waals surface area contributed by atoms with Crippen molar-refractivity contribution in [3.8, 4) is 22.9 Å². The van der Waals surface area contributed by atoms with Gasteiger partial charge in [-0.3, -0.25) is 4.90 Å². The fourth-order valence-corrected chi connectivity index (χ4v) is 3.98. The first-order valence-electron chi connectivity index (χ1n) is 11.5. The third kappa shape index (κ3) is 5.75. The van der Waals surface area contributed by atoms with E-state index in [-0.39, 0.29) is 11.8 Å². The Balaban J connectivity index is 1.72. The average Bonchev–Trinajstić information content (AvgIpc) is 3.16. The molecule has 0 fully saturated rings. The fourth-order valence-electron chi connectivity index (χ4n) is 3.98. The molecule has 0 radical (unpaired) electrons. The summed E-state index contributed by atoms with van der Waals surface area (Å²) in [4.78, 5) is 2.12. The van der Waals surface area contributed by atoms with Crippen molar-refractivity contribution in [3.05, 3.63) is 102 Å². The number of aliphatic hydroxyl groups excluding tert-OH is 1. The van der Waals surface area contributed by atoms with Gasteiger partial charge in [0.1, 0.15) is 11.5 Å². The van der Waals surface area contributed by atoms with Gasteiger partial charge in [0.15, 0.2) is 11.6 Å². The highest BCUT2D eigenvalue weighted by molar-refractivity contribution is 5.65. The van der Waals surface area contributed by atoms with Crippen LogP contribution >= 0.6 is 0 Å². The molecular weight excluding hydrogens is 448 g/mol. The Bertz CT molecular complexity index is 1260. The number of nitrogens with zero attached hydrogens (tertiary/aromatic N) is 3. The summed E-state index contributed by atoms with van der Waals surface area (Å²) in [6.45, 7) is 4.89. The molecule has 5 nitrogen and oxygen atoms in total. The molecule has 0 aliphatic carbocycles. The number of halogens is 2. The molecule has 4 aromatic rings. The lowest BCUT2D eigenvalue weighted by molar-refractivity contribution is 0.0904. The highest BCUT2D eigenvalue weighted by atomic mass is 19.1. The Morgan fingerprint density at radius 2 is 1.63 bits per heavy atom. The van der Waals surface area contributed by atoms with Gasteiger partial charge in [-0.1, -0.05) is 60.7 Å². The molecule has 182 valence electrons. The molecule has 1 atom stereocenters. The molecule has 1 aromatic heterocycles. The summed E-state index contributed by atoms with van der Waals surface area (Å²) < 4.78 is 35.4. The molecule has 0 spiro atoms. The summed E-state index contributed by atoms with van der Waals surface area (Å²) in [6, 6.07) is 22.5. The van der Waals surface area contributed by atoms with E-state index in [9.17, 15) is 13.9 Å². The van der Waals surface area contributed by atoms with E-state index in [1.54, 1.807) is 11.7 Å². The van der Waals surface area contributed by atoms with Gasteiger partial charge in [0.05, 0.1) is 11.7 Å². The molecule has 0 saturated carbocycles. The second-order valence-corrected chi connectivity index (χ2v) is 8.75. The van der Waals surface area contributed by atoms with Crippen molar-refractivity contribution in [2.24, 2.45) is 7.05 Å². The SMILES string of the molecule is CC(C)N(Cc1c(-c2ccccc2)nn(C)c1Oc1ccc(F)cc1F)CC(O)c1ccccc1. The lowest BCUT2D eigenvalue weighted by atomic mass is 10.1. The lowest BCUT2D eigenvalue weighted by Gasteiger charge is -2.29. The van der Waals surface area contributed by atoms with Gasteiger partial charge >= 0.3 is 0 Å². The van der Waals surface area contributed by atoms with Gasteiger partial charge in [0, 0.05) is 37.8 Å². The van der Waals surface area contributed by atoms with Gasteiger partial charge < -0.3 is 9.84 Å². The Morgan fingerprint density at radius 3 is 2.26 bits per heavy atom. The van der Waals surface area contributed by atoms with Gasteiger partial charge in [-0.15, -0.1) is 0 Å². The third-order valence-electron chi connectivity index (χ3n) is 5.92. The van der Waals surface area contributed by atoms with E-state index in [1.807, 2.05) is 60.7 Å². The van der Waals surface area contributed by atoms with Crippen LogP contribution in [0.15, 0.2) is 78.9 Å². The second kappa shape index (κ2) is 10.8. The number of hydrogen-bond donors (Lipinski definition) is 1. The van der Waals surface area contributed by atoms with Crippen LogP contribution in [0.1, 0.15) is 31.1 Å². The van der Waals surface area contributed by atoms with Crippen LogP contribution in [0.25, 0.3) is 11.3 Å². The van der Waals surface area contributed by atoms with Crippen molar-refractivity contribution in [3.63, 3.8) is 0 Å². The molecule has 0 aliphatic heterocycles. The van der Waals surface area contributed by atoms with E-state index in [0.29, 0.717) is 24.7 Å². The molecule has 0 saturated heterocycles. The number of aliphatic hydroxyl groups is 1. The largest absolute Gasteiger partial charge is 0.436 e. The minimum Gasteiger partial charge on any atom is -0.436 e. The van der Waals surface area contributed by atoms with Crippen LogP contribution in [0, 0.1) is 11.6 Å². The fraction of sp³-hybridized carbons (Fsp3) is 0.250. The van der Waals surface area contributed by atoms with Crippen LogP contribution in [-0.4, -0.2) is 32.4 Å². The molecule has 1 N–H and O–H groups in total. The van der Waals surface area contributed by atoms with Crippen LogP contribution in [0.5, 0.6) is 11.6 Å². The molecule has 3 aromatic carbocycles. The standard InChI is InChI=1S/C28H29F2N3O2/c1-19(2)33(18-25(34)20-10-6-4-7-11-20)17-23-27(21-12-8-5-9-13-21)31-32(3)28(23)35-26-15-14-22(29)16-24(26)30/h4-16,19,25,34H,17-18H2,1-3H3. The quantitative estimate of drug-likeness (QED) is 0.316. The minimum atomic E-state index is -0.793. The summed E-state index contributed by atoms with van der Waals surface area (Å²) >= 11 is 0. The summed E-state index contributed by atoms with van der Waals surface area (Å²) in [6.07, 6.45) is -0.686. The average molecular weight is 478 g/mol. The number of aryl methyl sites for hydroxylation is 1. The summed E-state index contributed by atoms with van der Waals surface area (Å²) in [5, 5.41) is 15.6. The van der Waals surface area contributed by atoms with Crippen molar-refractivity contribution >= 4 is 0 Å². The normalized spacial score (nSPS) is 12.3. The van der Waals surface area contributed by atoms with E-state index in [0.717, 1.165) is 28.8 Å². The van der Waals surface area contributed by atoms with Crippen LogP contribution in [0.2, 0.25) is 0 Å². The molecule has 1 unspecified atom stereocenters. The highest BCUT2D eigenvalue weighted by Crippen LogP contribution is 2.35. The lowest BCUT2D eigenvalue weighted by Crippen LogP contribution is -2.34. The summed E-state index contributed by atoms with van der Waals surface area (Å²) in [7, 11) is 1.73. The second-order valence-electron chi connectivity index (χ2n) is 8.75. The van der Waals surface area contributed by atoms with Crippen molar-refractivity contribution in [1.82, 2.24) is 14.7 Å². The molecule has 7 heteroatoms. The van der Waals surface area contributed by atoms with Crippen LogP contribution in [0.3, 0.4) is 0 Å². The minimum absolute atomic E-state index is 0.0873. The molecule has 1 heterocycles. The molecular formula is C28H29F2N3O2. The Morgan fingerprint density at radius 1 is 0.971 bits per heavy atom. The van der Waals surface area contributed by atoms with Gasteiger partial charge in [0.25, 0.3) is 0 Å². The first-order valence-corrected chi connectivity index (χ1v) is 11.5. The van der Waals surface area contributed by atoms with Crippen molar-refractivity contribution in [2.45, 2.75) is 32.5 Å².